The number of hydrogen-bond acceptors (Lipinski definition) is 1. The molecule has 0 spiro atoms. The molecule has 1 N–H and O–H groups in total. The zero-order valence-electron chi connectivity index (χ0n) is 8.85. The zero-order chi connectivity index (χ0) is 11.8. The van der Waals surface area contributed by atoms with Gasteiger partial charge in [0.1, 0.15) is 0 Å². The third kappa shape index (κ3) is 3.27. The lowest BCUT2D eigenvalue weighted by molar-refractivity contribution is -0.137. The maximum atomic E-state index is 12.5. The summed E-state index contributed by atoms with van der Waals surface area (Å²) in [7, 11) is 0. The van der Waals surface area contributed by atoms with Crippen LogP contribution in [0.5, 0.6) is 0 Å². The molecule has 1 aromatic carbocycles. The van der Waals surface area contributed by atoms with Crippen LogP contribution in [0.3, 0.4) is 0 Å². The van der Waals surface area contributed by atoms with Gasteiger partial charge in [-0.15, -0.1) is 12.4 Å². The smallest absolute Gasteiger partial charge is 0.310 e. The quantitative estimate of drug-likeness (QED) is 0.815. The Labute approximate surface area is 109 Å². The van der Waals surface area contributed by atoms with Crippen molar-refractivity contribution in [3.05, 3.63) is 34.3 Å². The van der Waals surface area contributed by atoms with Gasteiger partial charge in [0.05, 0.1) is 10.6 Å². The van der Waals surface area contributed by atoms with E-state index in [0.717, 1.165) is 31.0 Å². The molecule has 1 atom stereocenters. The topological polar surface area (TPSA) is 12.0 Å². The molecule has 1 heterocycles. The third-order valence-corrected chi connectivity index (χ3v) is 3.07. The molecule has 1 aromatic rings. The molecule has 1 aliphatic heterocycles. The Morgan fingerprint density at radius 2 is 2.00 bits per heavy atom. The van der Waals surface area contributed by atoms with Crippen LogP contribution in [0.1, 0.15) is 30.0 Å². The summed E-state index contributed by atoms with van der Waals surface area (Å²) >= 11 is 5.64. The second kappa shape index (κ2) is 5.46. The van der Waals surface area contributed by atoms with Crippen molar-refractivity contribution in [2.45, 2.75) is 25.1 Å². The summed E-state index contributed by atoms with van der Waals surface area (Å²) in [5.74, 6) is 0. The van der Waals surface area contributed by atoms with E-state index < -0.39 is 11.7 Å². The van der Waals surface area contributed by atoms with Gasteiger partial charge < -0.3 is 5.32 Å². The molecule has 0 radical (unpaired) electrons. The summed E-state index contributed by atoms with van der Waals surface area (Å²) < 4.78 is 37.4. The van der Waals surface area contributed by atoms with Crippen molar-refractivity contribution in [3.8, 4) is 0 Å². The van der Waals surface area contributed by atoms with E-state index in [-0.39, 0.29) is 23.5 Å². The SMILES string of the molecule is Cl.FC(F)(F)c1ccc([C@@H]2CCCN2)cc1Cl. The Balaban J connectivity index is 0.00000144. The summed E-state index contributed by atoms with van der Waals surface area (Å²) in [5.41, 5.74) is 0.0615. The molecule has 0 saturated carbocycles. The predicted molar refractivity (Wildman–Crippen MR) is 63.7 cm³/mol. The molecular formula is C11H12Cl2F3N. The Morgan fingerprint density at radius 1 is 1.29 bits per heavy atom. The summed E-state index contributed by atoms with van der Waals surface area (Å²) in [6, 6.07) is 4.10. The molecule has 2 rings (SSSR count). The summed E-state index contributed by atoms with van der Waals surface area (Å²) in [6.45, 7) is 0.906. The van der Waals surface area contributed by atoms with Crippen LogP contribution >= 0.6 is 24.0 Å². The van der Waals surface area contributed by atoms with Crippen molar-refractivity contribution in [3.63, 3.8) is 0 Å². The minimum absolute atomic E-state index is 0. The lowest BCUT2D eigenvalue weighted by atomic mass is 10.0. The monoisotopic (exact) mass is 285 g/mol. The fourth-order valence-electron chi connectivity index (χ4n) is 1.95. The van der Waals surface area contributed by atoms with E-state index >= 15 is 0 Å². The van der Waals surface area contributed by atoms with E-state index in [1.54, 1.807) is 0 Å². The van der Waals surface area contributed by atoms with Crippen LogP contribution in [-0.2, 0) is 6.18 Å². The van der Waals surface area contributed by atoms with E-state index in [9.17, 15) is 13.2 Å². The van der Waals surface area contributed by atoms with Gasteiger partial charge in [0.2, 0.25) is 0 Å². The number of halogens is 5. The largest absolute Gasteiger partial charge is 0.417 e. The first-order chi connectivity index (χ1) is 7.48. The first kappa shape index (κ1) is 14.6. The summed E-state index contributed by atoms with van der Waals surface area (Å²) in [4.78, 5) is 0. The minimum atomic E-state index is -4.38. The normalized spacial score (nSPS) is 20.1. The molecule has 0 bridgehead atoms. The molecule has 1 fully saturated rings. The zero-order valence-corrected chi connectivity index (χ0v) is 10.4. The molecule has 0 aromatic heterocycles. The van der Waals surface area contributed by atoms with Crippen LogP contribution < -0.4 is 5.32 Å². The van der Waals surface area contributed by atoms with E-state index in [4.69, 9.17) is 11.6 Å². The number of nitrogens with one attached hydrogen (secondary N) is 1. The first-order valence-electron chi connectivity index (χ1n) is 5.08. The van der Waals surface area contributed by atoms with Crippen molar-refractivity contribution in [1.29, 1.82) is 0 Å². The second-order valence-electron chi connectivity index (χ2n) is 3.89. The standard InChI is InChI=1S/C11H11ClF3N.ClH/c12-9-6-7(10-2-1-5-16-10)3-4-8(9)11(13,14)15;/h3-4,6,10,16H,1-2,5H2;1H/t10-;/m0./s1. The molecule has 1 saturated heterocycles. The molecular weight excluding hydrogens is 274 g/mol. The van der Waals surface area contributed by atoms with Gasteiger partial charge in [0, 0.05) is 6.04 Å². The van der Waals surface area contributed by atoms with Gasteiger partial charge in [-0.2, -0.15) is 13.2 Å². The lowest BCUT2D eigenvalue weighted by Crippen LogP contribution is -2.13. The van der Waals surface area contributed by atoms with Crippen LogP contribution in [-0.4, -0.2) is 6.54 Å². The molecule has 0 unspecified atom stereocenters. The second-order valence-corrected chi connectivity index (χ2v) is 4.29. The van der Waals surface area contributed by atoms with Crippen molar-refractivity contribution in [1.82, 2.24) is 5.32 Å². The van der Waals surface area contributed by atoms with Gasteiger partial charge in [0.25, 0.3) is 0 Å². The predicted octanol–water partition coefficient (Wildman–Crippen LogP) is 4.21. The van der Waals surface area contributed by atoms with Gasteiger partial charge in [0.15, 0.2) is 0 Å². The highest BCUT2D eigenvalue weighted by Crippen LogP contribution is 2.36. The van der Waals surface area contributed by atoms with Crippen molar-refractivity contribution in [2.24, 2.45) is 0 Å². The fourth-order valence-corrected chi connectivity index (χ4v) is 2.24. The van der Waals surface area contributed by atoms with Crippen LogP contribution in [0.25, 0.3) is 0 Å². The Kier molecular flexibility index (Phi) is 4.69. The average molecular weight is 286 g/mol. The molecule has 17 heavy (non-hydrogen) atoms. The van der Waals surface area contributed by atoms with Crippen LogP contribution in [0.15, 0.2) is 18.2 Å². The Bertz CT molecular complexity index is 387. The summed E-state index contributed by atoms with van der Waals surface area (Å²) in [6.07, 6.45) is -2.39. The highest BCUT2D eigenvalue weighted by Gasteiger charge is 2.33. The molecule has 6 heteroatoms. The molecule has 1 aliphatic rings. The average Bonchev–Trinajstić information content (AvgIpc) is 2.68. The highest BCUT2D eigenvalue weighted by molar-refractivity contribution is 6.31. The van der Waals surface area contributed by atoms with Gasteiger partial charge in [-0.3, -0.25) is 0 Å². The lowest BCUT2D eigenvalue weighted by Gasteiger charge is -2.14. The van der Waals surface area contributed by atoms with E-state index in [0.29, 0.717) is 0 Å². The molecule has 0 aliphatic carbocycles. The maximum absolute atomic E-state index is 12.5. The number of hydrogen-bond donors (Lipinski definition) is 1. The van der Waals surface area contributed by atoms with E-state index in [1.807, 2.05) is 0 Å². The highest BCUT2D eigenvalue weighted by atomic mass is 35.5. The van der Waals surface area contributed by atoms with Crippen LogP contribution in [0, 0.1) is 0 Å². The number of rotatable bonds is 1. The molecule has 96 valence electrons. The number of benzene rings is 1. The van der Waals surface area contributed by atoms with Gasteiger partial charge in [-0.1, -0.05) is 17.7 Å². The number of alkyl halides is 3. The van der Waals surface area contributed by atoms with Gasteiger partial charge in [-0.25, -0.2) is 0 Å². The van der Waals surface area contributed by atoms with E-state index in [1.165, 1.54) is 12.1 Å². The van der Waals surface area contributed by atoms with Crippen molar-refractivity contribution >= 4 is 24.0 Å². The maximum Gasteiger partial charge on any atom is 0.417 e. The van der Waals surface area contributed by atoms with Gasteiger partial charge >= 0.3 is 6.18 Å². The van der Waals surface area contributed by atoms with Gasteiger partial charge in [-0.05, 0) is 37.1 Å². The summed E-state index contributed by atoms with van der Waals surface area (Å²) in [5, 5.41) is 2.99. The Morgan fingerprint density at radius 3 is 2.47 bits per heavy atom. The fraction of sp³-hybridized carbons (Fsp3) is 0.455. The third-order valence-electron chi connectivity index (χ3n) is 2.76. The van der Waals surface area contributed by atoms with Crippen molar-refractivity contribution < 1.29 is 13.2 Å². The van der Waals surface area contributed by atoms with Crippen LogP contribution in [0.4, 0.5) is 13.2 Å². The molecule has 0 amide bonds. The Hall–Kier alpha value is -0.450. The minimum Gasteiger partial charge on any atom is -0.310 e. The first-order valence-corrected chi connectivity index (χ1v) is 5.46. The van der Waals surface area contributed by atoms with E-state index in [2.05, 4.69) is 5.32 Å². The molecule has 1 nitrogen and oxygen atoms in total. The van der Waals surface area contributed by atoms with Crippen molar-refractivity contribution in [2.75, 3.05) is 6.54 Å². The van der Waals surface area contributed by atoms with Crippen LogP contribution in [0.2, 0.25) is 5.02 Å².